The first-order valence-electron chi connectivity index (χ1n) is 7.29. The Morgan fingerprint density at radius 1 is 1.19 bits per heavy atom. The van der Waals surface area contributed by atoms with Crippen molar-refractivity contribution in [2.45, 2.75) is 39.2 Å². The lowest BCUT2D eigenvalue weighted by molar-refractivity contribution is -0.127. The fourth-order valence-corrected chi connectivity index (χ4v) is 1.93. The van der Waals surface area contributed by atoms with E-state index in [4.69, 9.17) is 0 Å². The van der Waals surface area contributed by atoms with Gasteiger partial charge in [-0.05, 0) is 31.0 Å². The van der Waals surface area contributed by atoms with Crippen molar-refractivity contribution in [3.05, 3.63) is 29.8 Å². The van der Waals surface area contributed by atoms with Gasteiger partial charge in [0, 0.05) is 25.8 Å². The molecule has 1 aromatic carbocycles. The fraction of sp³-hybridized carbons (Fsp3) is 0.500. The van der Waals surface area contributed by atoms with Gasteiger partial charge in [-0.3, -0.25) is 4.79 Å². The quantitative estimate of drug-likeness (QED) is 0.846. The molecule has 116 valence electrons. The molecule has 0 bridgehead atoms. The van der Waals surface area contributed by atoms with E-state index in [1.54, 1.807) is 19.0 Å². The average Bonchev–Trinajstić information content (AvgIpc) is 2.40. The highest BCUT2D eigenvalue weighted by Crippen LogP contribution is 2.10. The van der Waals surface area contributed by atoms with Crippen LogP contribution in [0, 0.1) is 0 Å². The number of hydrogen-bond acceptors (Lipinski definition) is 2. The summed E-state index contributed by atoms with van der Waals surface area (Å²) in [6.07, 6.45) is 2.36. The van der Waals surface area contributed by atoms with Crippen LogP contribution in [0.15, 0.2) is 24.3 Å². The van der Waals surface area contributed by atoms with Crippen molar-refractivity contribution < 1.29 is 9.59 Å². The van der Waals surface area contributed by atoms with Crippen LogP contribution >= 0.6 is 0 Å². The van der Waals surface area contributed by atoms with Crippen LogP contribution in [-0.2, 0) is 11.2 Å². The Labute approximate surface area is 126 Å². The zero-order valence-electron chi connectivity index (χ0n) is 13.3. The fourth-order valence-electron chi connectivity index (χ4n) is 1.93. The number of nitrogens with zero attached hydrogens (tertiary/aromatic N) is 1. The van der Waals surface area contributed by atoms with Crippen molar-refractivity contribution in [3.8, 4) is 0 Å². The minimum Gasteiger partial charge on any atom is -0.349 e. The van der Waals surface area contributed by atoms with Gasteiger partial charge in [-0.15, -0.1) is 0 Å². The Morgan fingerprint density at radius 3 is 2.33 bits per heavy atom. The van der Waals surface area contributed by atoms with E-state index in [-0.39, 0.29) is 18.0 Å². The van der Waals surface area contributed by atoms with E-state index in [1.165, 1.54) is 0 Å². The third-order valence-corrected chi connectivity index (χ3v) is 3.17. The second-order valence-electron chi connectivity index (χ2n) is 5.45. The molecule has 0 aliphatic heterocycles. The van der Waals surface area contributed by atoms with Gasteiger partial charge in [0.2, 0.25) is 5.91 Å². The van der Waals surface area contributed by atoms with Gasteiger partial charge in [0.1, 0.15) is 0 Å². The first-order valence-corrected chi connectivity index (χ1v) is 7.29. The summed E-state index contributed by atoms with van der Waals surface area (Å²) >= 11 is 0. The van der Waals surface area contributed by atoms with Crippen LogP contribution in [0.2, 0.25) is 0 Å². The standard InChI is InChI=1S/C16H25N3O2/c1-5-6-12(2)17-16(21)18-14-9-7-13(8-10-14)11-15(20)19(3)4/h7-10,12H,5-6,11H2,1-4H3,(H2,17,18,21). The van der Waals surface area contributed by atoms with Crippen LogP contribution in [0.5, 0.6) is 0 Å². The van der Waals surface area contributed by atoms with Gasteiger partial charge >= 0.3 is 6.03 Å². The molecule has 0 aliphatic carbocycles. The molecule has 1 aromatic rings. The van der Waals surface area contributed by atoms with Gasteiger partial charge in [-0.1, -0.05) is 25.5 Å². The molecule has 3 amide bonds. The van der Waals surface area contributed by atoms with E-state index in [2.05, 4.69) is 17.6 Å². The summed E-state index contributed by atoms with van der Waals surface area (Å²) in [6, 6.07) is 7.28. The summed E-state index contributed by atoms with van der Waals surface area (Å²) < 4.78 is 0. The summed E-state index contributed by atoms with van der Waals surface area (Å²) in [6.45, 7) is 4.07. The van der Waals surface area contributed by atoms with Crippen molar-refractivity contribution in [2.75, 3.05) is 19.4 Å². The second-order valence-corrected chi connectivity index (χ2v) is 5.45. The van der Waals surface area contributed by atoms with Crippen molar-refractivity contribution in [2.24, 2.45) is 0 Å². The smallest absolute Gasteiger partial charge is 0.319 e. The SMILES string of the molecule is CCCC(C)NC(=O)Nc1ccc(CC(=O)N(C)C)cc1. The number of likely N-dealkylation sites (N-methyl/N-ethyl adjacent to an activating group) is 1. The lowest BCUT2D eigenvalue weighted by Gasteiger charge is -2.14. The maximum absolute atomic E-state index is 11.8. The third kappa shape index (κ3) is 6.29. The van der Waals surface area contributed by atoms with Crippen LogP contribution < -0.4 is 10.6 Å². The molecule has 0 saturated carbocycles. The third-order valence-electron chi connectivity index (χ3n) is 3.17. The molecule has 0 saturated heterocycles. The molecular formula is C16H25N3O2. The molecule has 1 atom stereocenters. The molecule has 0 heterocycles. The lowest BCUT2D eigenvalue weighted by Crippen LogP contribution is -2.35. The van der Waals surface area contributed by atoms with Gasteiger partial charge in [-0.25, -0.2) is 4.79 Å². The molecule has 1 rings (SSSR count). The summed E-state index contributed by atoms with van der Waals surface area (Å²) in [7, 11) is 3.47. The number of carbonyl (C=O) groups is 2. The number of carbonyl (C=O) groups excluding carboxylic acids is 2. The van der Waals surface area contributed by atoms with Crippen LogP contribution in [0.4, 0.5) is 10.5 Å². The predicted octanol–water partition coefficient (Wildman–Crippen LogP) is 2.63. The zero-order chi connectivity index (χ0) is 15.8. The largest absolute Gasteiger partial charge is 0.349 e. The number of amides is 3. The zero-order valence-corrected chi connectivity index (χ0v) is 13.3. The Morgan fingerprint density at radius 2 is 1.81 bits per heavy atom. The summed E-state index contributed by atoms with van der Waals surface area (Å²) in [5.41, 5.74) is 1.65. The van der Waals surface area contributed by atoms with Crippen molar-refractivity contribution in [1.82, 2.24) is 10.2 Å². The number of hydrogen-bond donors (Lipinski definition) is 2. The molecule has 0 aliphatic rings. The van der Waals surface area contributed by atoms with Crippen molar-refractivity contribution in [3.63, 3.8) is 0 Å². The van der Waals surface area contributed by atoms with Gasteiger partial charge in [0.25, 0.3) is 0 Å². The molecule has 1 unspecified atom stereocenters. The Bertz CT molecular complexity index is 469. The maximum Gasteiger partial charge on any atom is 0.319 e. The summed E-state index contributed by atoms with van der Waals surface area (Å²) in [5, 5.41) is 5.67. The van der Waals surface area contributed by atoms with Gasteiger partial charge in [-0.2, -0.15) is 0 Å². The van der Waals surface area contributed by atoms with Crippen LogP contribution in [0.25, 0.3) is 0 Å². The molecule has 5 nitrogen and oxygen atoms in total. The highest BCUT2D eigenvalue weighted by molar-refractivity contribution is 5.89. The minimum atomic E-state index is -0.201. The maximum atomic E-state index is 11.8. The minimum absolute atomic E-state index is 0.0573. The lowest BCUT2D eigenvalue weighted by atomic mass is 10.1. The van der Waals surface area contributed by atoms with Crippen molar-refractivity contribution >= 4 is 17.6 Å². The number of benzene rings is 1. The second kappa shape index (κ2) is 8.29. The van der Waals surface area contributed by atoms with E-state index >= 15 is 0 Å². The van der Waals surface area contributed by atoms with Gasteiger partial charge in [0.05, 0.1) is 6.42 Å². The van der Waals surface area contributed by atoms with Crippen molar-refractivity contribution in [1.29, 1.82) is 0 Å². The van der Waals surface area contributed by atoms with Crippen LogP contribution in [-0.4, -0.2) is 37.0 Å². The molecule has 2 N–H and O–H groups in total. The number of urea groups is 1. The highest BCUT2D eigenvalue weighted by Gasteiger charge is 2.08. The molecule has 0 radical (unpaired) electrons. The topological polar surface area (TPSA) is 61.4 Å². The Hall–Kier alpha value is -2.04. The number of nitrogens with one attached hydrogen (secondary N) is 2. The molecule has 5 heteroatoms. The Balaban J connectivity index is 2.51. The molecule has 0 aromatic heterocycles. The average molecular weight is 291 g/mol. The first kappa shape index (κ1) is 17.0. The predicted molar refractivity (Wildman–Crippen MR) is 85.4 cm³/mol. The Kier molecular flexibility index (Phi) is 6.72. The highest BCUT2D eigenvalue weighted by atomic mass is 16.2. The summed E-state index contributed by atoms with van der Waals surface area (Å²) in [5.74, 6) is 0.0573. The van der Waals surface area contributed by atoms with Gasteiger partial charge < -0.3 is 15.5 Å². The number of anilines is 1. The molecule has 0 spiro atoms. The number of rotatable bonds is 6. The van der Waals surface area contributed by atoms with E-state index < -0.39 is 0 Å². The van der Waals surface area contributed by atoms with Gasteiger partial charge in [0.15, 0.2) is 0 Å². The van der Waals surface area contributed by atoms with E-state index in [1.807, 2.05) is 31.2 Å². The molecule has 0 fully saturated rings. The van der Waals surface area contributed by atoms with E-state index in [9.17, 15) is 9.59 Å². The van der Waals surface area contributed by atoms with E-state index in [0.29, 0.717) is 6.42 Å². The first-order chi connectivity index (χ1) is 9.92. The monoisotopic (exact) mass is 291 g/mol. The molecule has 21 heavy (non-hydrogen) atoms. The van der Waals surface area contributed by atoms with E-state index in [0.717, 1.165) is 24.1 Å². The normalized spacial score (nSPS) is 11.6. The van der Waals surface area contributed by atoms with Crippen LogP contribution in [0.3, 0.4) is 0 Å². The summed E-state index contributed by atoms with van der Waals surface area (Å²) in [4.78, 5) is 24.9. The molecular weight excluding hydrogens is 266 g/mol. The van der Waals surface area contributed by atoms with Crippen LogP contribution in [0.1, 0.15) is 32.3 Å².